The fourth-order valence-electron chi connectivity index (χ4n) is 2.84. The van der Waals surface area contributed by atoms with E-state index in [4.69, 9.17) is 9.15 Å². The number of nitrogens with zero attached hydrogens (tertiary/aromatic N) is 2. The van der Waals surface area contributed by atoms with E-state index in [1.807, 2.05) is 24.3 Å². The predicted octanol–water partition coefficient (Wildman–Crippen LogP) is 1.72. The van der Waals surface area contributed by atoms with Crippen LogP contribution in [0.15, 0.2) is 28.7 Å². The molecule has 1 saturated heterocycles. The number of aromatic nitrogens is 1. The Balaban J connectivity index is 1.51. The number of carbonyl (C=O) groups excluding carboxylic acids is 2. The summed E-state index contributed by atoms with van der Waals surface area (Å²) in [5.74, 6) is -0.602. The number of ether oxygens (including phenoxy) is 1. The number of rotatable bonds is 5. The van der Waals surface area contributed by atoms with Gasteiger partial charge in [0, 0.05) is 19.0 Å². The van der Waals surface area contributed by atoms with Gasteiger partial charge in [-0.1, -0.05) is 12.1 Å². The Labute approximate surface area is 140 Å². The summed E-state index contributed by atoms with van der Waals surface area (Å²) in [4.78, 5) is 29.9. The van der Waals surface area contributed by atoms with Gasteiger partial charge in [0.25, 0.3) is 6.01 Å². The normalized spacial score (nSPS) is 15.5. The second-order valence-electron chi connectivity index (χ2n) is 5.75. The average molecular weight is 331 g/mol. The van der Waals surface area contributed by atoms with Crippen LogP contribution in [-0.4, -0.2) is 43.1 Å². The molecule has 7 heteroatoms. The summed E-state index contributed by atoms with van der Waals surface area (Å²) in [6.45, 7) is 3.38. The number of hydrogen-bond donors (Lipinski definition) is 1. The van der Waals surface area contributed by atoms with Crippen molar-refractivity contribution in [1.29, 1.82) is 0 Å². The van der Waals surface area contributed by atoms with Gasteiger partial charge in [0.05, 0.1) is 6.61 Å². The number of hydrogen-bond acceptors (Lipinski definition) is 6. The number of benzene rings is 1. The zero-order chi connectivity index (χ0) is 16.9. The average Bonchev–Trinajstić information content (AvgIpc) is 3.04. The maximum absolute atomic E-state index is 12.1. The summed E-state index contributed by atoms with van der Waals surface area (Å²) in [6, 6.07) is 8.24. The lowest BCUT2D eigenvalue weighted by atomic mass is 9.96. The molecule has 1 aromatic heterocycles. The van der Waals surface area contributed by atoms with Crippen molar-refractivity contribution in [2.45, 2.75) is 19.8 Å². The third-order valence-electron chi connectivity index (χ3n) is 4.13. The summed E-state index contributed by atoms with van der Waals surface area (Å²) in [5.41, 5.74) is 1.60. The number of nitrogens with one attached hydrogen (secondary N) is 1. The SMILES string of the molecule is CCOC(=O)CNC(=O)C1CCN(c2nc3ccccc3o2)CC1. The minimum Gasteiger partial charge on any atom is -0.465 e. The van der Waals surface area contributed by atoms with Crippen LogP contribution in [0.4, 0.5) is 6.01 Å². The molecule has 0 bridgehead atoms. The number of anilines is 1. The standard InChI is InChI=1S/C17H21N3O4/c1-2-23-15(21)11-18-16(22)12-7-9-20(10-8-12)17-19-13-5-3-4-6-14(13)24-17/h3-6,12H,2,7-11H2,1H3,(H,18,22). The Hall–Kier alpha value is -2.57. The van der Waals surface area contributed by atoms with Crippen LogP contribution in [0.1, 0.15) is 19.8 Å². The molecule has 0 radical (unpaired) electrons. The molecule has 1 aliphatic heterocycles. The van der Waals surface area contributed by atoms with Crippen LogP contribution >= 0.6 is 0 Å². The monoisotopic (exact) mass is 331 g/mol. The minimum absolute atomic E-state index is 0.0714. The van der Waals surface area contributed by atoms with Gasteiger partial charge in [0.1, 0.15) is 12.1 Å². The second kappa shape index (κ2) is 7.33. The van der Waals surface area contributed by atoms with Crippen molar-refractivity contribution >= 4 is 29.0 Å². The Morgan fingerprint density at radius 3 is 2.79 bits per heavy atom. The summed E-state index contributed by atoms with van der Waals surface area (Å²) in [6.07, 6.45) is 1.40. The third-order valence-corrected chi connectivity index (χ3v) is 4.13. The van der Waals surface area contributed by atoms with Crippen molar-refractivity contribution in [3.63, 3.8) is 0 Å². The van der Waals surface area contributed by atoms with Crippen molar-refractivity contribution in [1.82, 2.24) is 10.3 Å². The van der Waals surface area contributed by atoms with E-state index in [1.54, 1.807) is 6.92 Å². The first kappa shape index (κ1) is 16.3. The Bertz CT molecular complexity index is 686. The molecular formula is C17H21N3O4. The maximum atomic E-state index is 12.1. The van der Waals surface area contributed by atoms with Gasteiger partial charge in [-0.15, -0.1) is 0 Å². The molecule has 7 nitrogen and oxygen atoms in total. The van der Waals surface area contributed by atoms with Gasteiger partial charge in [-0.2, -0.15) is 4.98 Å². The molecule has 2 heterocycles. The smallest absolute Gasteiger partial charge is 0.325 e. The second-order valence-corrected chi connectivity index (χ2v) is 5.75. The van der Waals surface area contributed by atoms with Gasteiger partial charge in [0.2, 0.25) is 5.91 Å². The van der Waals surface area contributed by atoms with E-state index in [-0.39, 0.29) is 18.4 Å². The van der Waals surface area contributed by atoms with E-state index in [1.165, 1.54) is 0 Å². The number of amides is 1. The van der Waals surface area contributed by atoms with Gasteiger partial charge >= 0.3 is 5.97 Å². The molecule has 0 saturated carbocycles. The van der Waals surface area contributed by atoms with E-state index in [9.17, 15) is 9.59 Å². The largest absolute Gasteiger partial charge is 0.465 e. The summed E-state index contributed by atoms with van der Waals surface area (Å²) < 4.78 is 10.6. The molecule has 24 heavy (non-hydrogen) atoms. The topological polar surface area (TPSA) is 84.7 Å². The van der Waals surface area contributed by atoms with Crippen LogP contribution in [0.25, 0.3) is 11.1 Å². The lowest BCUT2D eigenvalue weighted by Gasteiger charge is -2.30. The zero-order valence-electron chi connectivity index (χ0n) is 13.7. The number of piperidine rings is 1. The summed E-state index contributed by atoms with van der Waals surface area (Å²) in [5, 5.41) is 2.64. The predicted molar refractivity (Wildman–Crippen MR) is 88.6 cm³/mol. The van der Waals surface area contributed by atoms with Crippen molar-refractivity contribution in [3.8, 4) is 0 Å². The molecule has 0 atom stereocenters. The van der Waals surface area contributed by atoms with Gasteiger partial charge in [-0.25, -0.2) is 0 Å². The molecule has 0 spiro atoms. The quantitative estimate of drug-likeness (QED) is 0.840. The molecule has 1 amide bonds. The van der Waals surface area contributed by atoms with Crippen molar-refractivity contribution in [2.75, 3.05) is 31.1 Å². The number of carbonyl (C=O) groups is 2. The van der Waals surface area contributed by atoms with E-state index < -0.39 is 5.97 Å². The van der Waals surface area contributed by atoms with E-state index in [0.29, 0.717) is 38.6 Å². The highest BCUT2D eigenvalue weighted by Crippen LogP contribution is 2.26. The van der Waals surface area contributed by atoms with E-state index >= 15 is 0 Å². The zero-order valence-corrected chi connectivity index (χ0v) is 13.7. The Morgan fingerprint density at radius 1 is 1.33 bits per heavy atom. The third kappa shape index (κ3) is 3.67. The maximum Gasteiger partial charge on any atom is 0.325 e. The van der Waals surface area contributed by atoms with Crippen molar-refractivity contribution in [3.05, 3.63) is 24.3 Å². The van der Waals surface area contributed by atoms with Crippen molar-refractivity contribution < 1.29 is 18.7 Å². The first-order valence-electron chi connectivity index (χ1n) is 8.21. The molecule has 128 valence electrons. The fourth-order valence-corrected chi connectivity index (χ4v) is 2.84. The Kier molecular flexibility index (Phi) is 4.98. The van der Waals surface area contributed by atoms with Gasteiger partial charge in [-0.3, -0.25) is 9.59 Å². The summed E-state index contributed by atoms with van der Waals surface area (Å²) >= 11 is 0. The molecular weight excluding hydrogens is 310 g/mol. The van der Waals surface area contributed by atoms with Gasteiger partial charge < -0.3 is 19.4 Å². The molecule has 1 N–H and O–H groups in total. The molecule has 0 aliphatic carbocycles. The molecule has 1 fully saturated rings. The van der Waals surface area contributed by atoms with Crippen LogP contribution in [0.3, 0.4) is 0 Å². The first-order valence-corrected chi connectivity index (χ1v) is 8.21. The minimum atomic E-state index is -0.408. The number of esters is 1. The molecule has 1 aromatic carbocycles. The number of fused-ring (bicyclic) bond motifs is 1. The number of oxazole rings is 1. The van der Waals surface area contributed by atoms with Crippen LogP contribution < -0.4 is 10.2 Å². The molecule has 2 aromatic rings. The highest BCUT2D eigenvalue weighted by molar-refractivity contribution is 5.83. The van der Waals surface area contributed by atoms with E-state index in [0.717, 1.165) is 11.1 Å². The van der Waals surface area contributed by atoms with Gasteiger partial charge in [-0.05, 0) is 31.9 Å². The molecule has 3 rings (SSSR count). The molecule has 1 aliphatic rings. The van der Waals surface area contributed by atoms with Crippen molar-refractivity contribution in [2.24, 2.45) is 5.92 Å². The van der Waals surface area contributed by atoms with Crippen LogP contribution in [-0.2, 0) is 14.3 Å². The van der Waals surface area contributed by atoms with Gasteiger partial charge in [0.15, 0.2) is 5.58 Å². The van der Waals surface area contributed by atoms with Crippen LogP contribution in [0.2, 0.25) is 0 Å². The highest BCUT2D eigenvalue weighted by atomic mass is 16.5. The first-order chi connectivity index (χ1) is 11.7. The molecule has 0 unspecified atom stereocenters. The number of para-hydroxylation sites is 2. The lowest BCUT2D eigenvalue weighted by molar-refractivity contribution is -0.143. The summed E-state index contributed by atoms with van der Waals surface area (Å²) in [7, 11) is 0. The fraction of sp³-hybridized carbons (Fsp3) is 0.471. The Morgan fingerprint density at radius 2 is 2.08 bits per heavy atom. The van der Waals surface area contributed by atoms with E-state index in [2.05, 4.69) is 15.2 Å². The lowest BCUT2D eigenvalue weighted by Crippen LogP contribution is -2.42. The van der Waals surface area contributed by atoms with Crippen LogP contribution in [0.5, 0.6) is 0 Å². The van der Waals surface area contributed by atoms with Crippen LogP contribution in [0, 0.1) is 5.92 Å². The highest BCUT2D eigenvalue weighted by Gasteiger charge is 2.27.